The highest BCUT2D eigenvalue weighted by Gasteiger charge is 2.04. The molecule has 0 saturated heterocycles. The minimum absolute atomic E-state index is 0.0152. The van der Waals surface area contributed by atoms with Crippen LogP contribution in [0, 0.1) is 15.9 Å². The van der Waals surface area contributed by atoms with E-state index in [1.165, 1.54) is 54.6 Å². The van der Waals surface area contributed by atoms with E-state index in [0.717, 1.165) is 6.07 Å². The number of nitrogens with zero attached hydrogens (tertiary/aromatic N) is 1. The van der Waals surface area contributed by atoms with Gasteiger partial charge in [-0.05, 0) is 35.9 Å². The molecule has 20 heavy (non-hydrogen) atoms. The molecule has 0 amide bonds. The number of carbonyl (C=O) groups is 1. The van der Waals surface area contributed by atoms with Crippen LogP contribution in [0.2, 0.25) is 0 Å². The normalized spacial score (nSPS) is 10.7. The SMILES string of the molecule is O=C(/C=C/c1ccc([N+](=O)[O-])cc1)c1cccc(F)c1. The minimum atomic E-state index is -0.495. The third-order valence-corrected chi connectivity index (χ3v) is 2.64. The molecule has 0 aromatic heterocycles. The molecule has 0 N–H and O–H groups in total. The van der Waals surface area contributed by atoms with Crippen molar-refractivity contribution in [3.05, 3.63) is 81.7 Å². The lowest BCUT2D eigenvalue weighted by atomic mass is 10.1. The maximum absolute atomic E-state index is 13.0. The monoisotopic (exact) mass is 271 g/mol. The fourth-order valence-electron chi connectivity index (χ4n) is 1.62. The van der Waals surface area contributed by atoms with Crippen LogP contribution in [-0.2, 0) is 0 Å². The Bertz CT molecular complexity index is 678. The predicted molar refractivity (Wildman–Crippen MR) is 72.9 cm³/mol. The number of nitro groups is 1. The van der Waals surface area contributed by atoms with Gasteiger partial charge in [0.1, 0.15) is 5.82 Å². The van der Waals surface area contributed by atoms with Gasteiger partial charge in [0.2, 0.25) is 0 Å². The smallest absolute Gasteiger partial charge is 0.269 e. The number of halogens is 1. The van der Waals surface area contributed by atoms with E-state index >= 15 is 0 Å². The van der Waals surface area contributed by atoms with Crippen LogP contribution in [-0.4, -0.2) is 10.7 Å². The van der Waals surface area contributed by atoms with E-state index in [1.54, 1.807) is 0 Å². The Kier molecular flexibility index (Phi) is 4.00. The summed E-state index contributed by atoms with van der Waals surface area (Å²) in [5.41, 5.74) is 0.891. The van der Waals surface area contributed by atoms with Crippen molar-refractivity contribution in [2.45, 2.75) is 0 Å². The van der Waals surface area contributed by atoms with Gasteiger partial charge in [-0.1, -0.05) is 18.2 Å². The summed E-state index contributed by atoms with van der Waals surface area (Å²) in [6.07, 6.45) is 2.83. The number of non-ortho nitro benzene ring substituents is 1. The Morgan fingerprint density at radius 2 is 1.85 bits per heavy atom. The van der Waals surface area contributed by atoms with E-state index in [4.69, 9.17) is 0 Å². The molecule has 0 aliphatic heterocycles. The van der Waals surface area contributed by atoms with Crippen LogP contribution in [0.1, 0.15) is 15.9 Å². The average molecular weight is 271 g/mol. The van der Waals surface area contributed by atoms with E-state index in [0.29, 0.717) is 5.56 Å². The lowest BCUT2D eigenvalue weighted by molar-refractivity contribution is -0.384. The first kappa shape index (κ1) is 13.6. The molecule has 0 aliphatic rings. The van der Waals surface area contributed by atoms with Crippen LogP contribution in [0.5, 0.6) is 0 Å². The third-order valence-electron chi connectivity index (χ3n) is 2.64. The van der Waals surface area contributed by atoms with Crippen molar-refractivity contribution in [2.75, 3.05) is 0 Å². The zero-order valence-electron chi connectivity index (χ0n) is 10.3. The lowest BCUT2D eigenvalue weighted by Gasteiger charge is -1.96. The van der Waals surface area contributed by atoms with Gasteiger partial charge in [-0.2, -0.15) is 0 Å². The number of benzene rings is 2. The molecule has 0 bridgehead atoms. The fraction of sp³-hybridized carbons (Fsp3) is 0. The Labute approximate surface area is 114 Å². The van der Waals surface area contributed by atoms with Gasteiger partial charge in [0.25, 0.3) is 5.69 Å². The Hall–Kier alpha value is -2.82. The van der Waals surface area contributed by atoms with Crippen LogP contribution in [0.4, 0.5) is 10.1 Å². The number of carbonyl (C=O) groups excluding carboxylic acids is 1. The second-order valence-corrected chi connectivity index (χ2v) is 4.06. The van der Waals surface area contributed by atoms with Crippen molar-refractivity contribution in [3.8, 4) is 0 Å². The molecule has 2 rings (SSSR count). The van der Waals surface area contributed by atoms with Crippen molar-refractivity contribution >= 4 is 17.5 Å². The molecular weight excluding hydrogens is 261 g/mol. The molecule has 100 valence electrons. The van der Waals surface area contributed by atoms with Crippen molar-refractivity contribution in [3.63, 3.8) is 0 Å². The predicted octanol–water partition coefficient (Wildman–Crippen LogP) is 3.63. The molecule has 0 unspecified atom stereocenters. The summed E-state index contributed by atoms with van der Waals surface area (Å²) in [6.45, 7) is 0. The number of hydrogen-bond donors (Lipinski definition) is 0. The van der Waals surface area contributed by atoms with Crippen molar-refractivity contribution in [1.29, 1.82) is 0 Å². The average Bonchev–Trinajstić information content (AvgIpc) is 2.45. The summed E-state index contributed by atoms with van der Waals surface area (Å²) in [5.74, 6) is -0.803. The van der Waals surface area contributed by atoms with Gasteiger partial charge in [-0.3, -0.25) is 14.9 Å². The lowest BCUT2D eigenvalue weighted by Crippen LogP contribution is -1.94. The number of ketones is 1. The summed E-state index contributed by atoms with van der Waals surface area (Å²) < 4.78 is 13.0. The van der Waals surface area contributed by atoms with Gasteiger partial charge < -0.3 is 0 Å². The third kappa shape index (κ3) is 3.35. The molecule has 4 nitrogen and oxygen atoms in total. The quantitative estimate of drug-likeness (QED) is 0.369. The zero-order valence-corrected chi connectivity index (χ0v) is 10.3. The van der Waals surface area contributed by atoms with E-state index in [-0.39, 0.29) is 17.0 Å². The summed E-state index contributed by atoms with van der Waals surface area (Å²) in [7, 11) is 0. The molecule has 2 aromatic carbocycles. The second-order valence-electron chi connectivity index (χ2n) is 4.06. The van der Waals surface area contributed by atoms with Gasteiger partial charge in [-0.25, -0.2) is 4.39 Å². The standard InChI is InChI=1S/C15H10FNO3/c16-13-3-1-2-12(10-13)15(18)9-6-11-4-7-14(8-5-11)17(19)20/h1-10H/b9-6+. The summed E-state index contributed by atoms with van der Waals surface area (Å²) in [4.78, 5) is 21.8. The molecule has 0 aliphatic carbocycles. The Morgan fingerprint density at radius 1 is 1.15 bits per heavy atom. The zero-order chi connectivity index (χ0) is 14.5. The number of hydrogen-bond acceptors (Lipinski definition) is 3. The molecule has 0 spiro atoms. The van der Waals surface area contributed by atoms with E-state index in [2.05, 4.69) is 0 Å². The Balaban J connectivity index is 2.13. The number of allylic oxidation sites excluding steroid dienone is 1. The highest BCUT2D eigenvalue weighted by atomic mass is 19.1. The molecule has 2 aromatic rings. The largest absolute Gasteiger partial charge is 0.289 e. The van der Waals surface area contributed by atoms with Crippen LogP contribution in [0.15, 0.2) is 54.6 Å². The van der Waals surface area contributed by atoms with Crippen LogP contribution >= 0.6 is 0 Å². The maximum Gasteiger partial charge on any atom is 0.269 e. The van der Waals surface area contributed by atoms with E-state index < -0.39 is 10.7 Å². The first-order valence-corrected chi connectivity index (χ1v) is 5.79. The second kappa shape index (κ2) is 5.88. The van der Waals surface area contributed by atoms with Gasteiger partial charge in [0, 0.05) is 17.7 Å². The molecule has 0 heterocycles. The van der Waals surface area contributed by atoms with E-state index in [1.807, 2.05) is 0 Å². The van der Waals surface area contributed by atoms with Gasteiger partial charge in [0.05, 0.1) is 4.92 Å². The highest BCUT2D eigenvalue weighted by molar-refractivity contribution is 6.06. The number of nitro benzene ring substituents is 1. The highest BCUT2D eigenvalue weighted by Crippen LogP contribution is 2.13. The van der Waals surface area contributed by atoms with Crippen molar-refractivity contribution in [1.82, 2.24) is 0 Å². The topological polar surface area (TPSA) is 60.2 Å². The first-order valence-electron chi connectivity index (χ1n) is 5.79. The molecule has 0 radical (unpaired) electrons. The summed E-state index contributed by atoms with van der Waals surface area (Å²) in [5, 5.41) is 10.5. The molecular formula is C15H10FNO3. The van der Waals surface area contributed by atoms with Crippen LogP contribution < -0.4 is 0 Å². The molecule has 0 atom stereocenters. The fourth-order valence-corrected chi connectivity index (χ4v) is 1.62. The molecule has 0 saturated carbocycles. The van der Waals surface area contributed by atoms with Crippen LogP contribution in [0.25, 0.3) is 6.08 Å². The molecule has 0 fully saturated rings. The first-order chi connectivity index (χ1) is 9.56. The van der Waals surface area contributed by atoms with E-state index in [9.17, 15) is 19.3 Å². The molecule has 5 heteroatoms. The summed E-state index contributed by atoms with van der Waals surface area (Å²) >= 11 is 0. The van der Waals surface area contributed by atoms with Crippen molar-refractivity contribution in [2.24, 2.45) is 0 Å². The van der Waals surface area contributed by atoms with Gasteiger partial charge in [0.15, 0.2) is 5.78 Å². The van der Waals surface area contributed by atoms with Crippen molar-refractivity contribution < 1.29 is 14.1 Å². The van der Waals surface area contributed by atoms with Crippen LogP contribution in [0.3, 0.4) is 0 Å². The summed E-state index contributed by atoms with van der Waals surface area (Å²) in [6, 6.07) is 11.2. The maximum atomic E-state index is 13.0. The minimum Gasteiger partial charge on any atom is -0.289 e. The number of rotatable bonds is 4. The van der Waals surface area contributed by atoms with Gasteiger partial charge in [-0.15, -0.1) is 0 Å². The Morgan fingerprint density at radius 3 is 2.45 bits per heavy atom. The van der Waals surface area contributed by atoms with Gasteiger partial charge >= 0.3 is 0 Å².